The van der Waals surface area contributed by atoms with Crippen molar-refractivity contribution in [3.8, 4) is 0 Å². The van der Waals surface area contributed by atoms with Gasteiger partial charge in [-0.15, -0.1) is 0 Å². The minimum atomic E-state index is 0.0743. The Hall–Kier alpha value is -1.28. The zero-order valence-corrected chi connectivity index (χ0v) is 9.54. The Kier molecular flexibility index (Phi) is 2.31. The molecule has 0 amide bonds. The molecule has 2 rings (SSSR count). The van der Waals surface area contributed by atoms with E-state index in [4.69, 9.17) is 5.73 Å². The predicted molar refractivity (Wildman–Crippen MR) is 64.7 cm³/mol. The van der Waals surface area contributed by atoms with Crippen molar-refractivity contribution < 1.29 is 0 Å². The first kappa shape index (κ1) is 10.2. The third-order valence-electron chi connectivity index (χ3n) is 2.87. The zero-order chi connectivity index (χ0) is 11.1. The van der Waals surface area contributed by atoms with Crippen LogP contribution in [0, 0.1) is 5.41 Å². The molecule has 2 nitrogen and oxygen atoms in total. The molecule has 0 aliphatic carbocycles. The van der Waals surface area contributed by atoms with Crippen molar-refractivity contribution in [3.63, 3.8) is 0 Å². The predicted octanol–water partition coefficient (Wildman–Crippen LogP) is 3.21. The summed E-state index contributed by atoms with van der Waals surface area (Å²) in [5.74, 6) is 0. The molecule has 15 heavy (non-hydrogen) atoms. The van der Waals surface area contributed by atoms with E-state index in [1.54, 1.807) is 0 Å². The van der Waals surface area contributed by atoms with Gasteiger partial charge in [-0.1, -0.05) is 32.9 Å². The van der Waals surface area contributed by atoms with E-state index in [9.17, 15) is 0 Å². The smallest absolute Gasteiger partial charge is 0.0457 e. The van der Waals surface area contributed by atoms with Gasteiger partial charge in [0.05, 0.1) is 0 Å². The molecular weight excluding hydrogens is 184 g/mol. The van der Waals surface area contributed by atoms with Gasteiger partial charge in [-0.25, -0.2) is 0 Å². The molecule has 0 bridgehead atoms. The van der Waals surface area contributed by atoms with Crippen LogP contribution in [-0.4, -0.2) is 4.98 Å². The van der Waals surface area contributed by atoms with Crippen LogP contribution in [0.3, 0.4) is 0 Å². The maximum Gasteiger partial charge on any atom is 0.0457 e. The summed E-state index contributed by atoms with van der Waals surface area (Å²) in [5, 5.41) is 1.24. The summed E-state index contributed by atoms with van der Waals surface area (Å²) < 4.78 is 0. The summed E-state index contributed by atoms with van der Waals surface area (Å²) in [7, 11) is 0. The second-order valence-corrected chi connectivity index (χ2v) is 5.17. The lowest BCUT2D eigenvalue weighted by Gasteiger charge is -2.27. The second-order valence-electron chi connectivity index (χ2n) is 5.17. The largest absolute Gasteiger partial charge is 0.361 e. The summed E-state index contributed by atoms with van der Waals surface area (Å²) in [6.07, 6.45) is 1.96. The van der Waals surface area contributed by atoms with Crippen molar-refractivity contribution >= 4 is 10.9 Å². The van der Waals surface area contributed by atoms with Crippen LogP contribution < -0.4 is 5.73 Å². The highest BCUT2D eigenvalue weighted by atomic mass is 14.7. The van der Waals surface area contributed by atoms with E-state index in [2.05, 4.69) is 50.0 Å². The molecule has 0 unspecified atom stereocenters. The Morgan fingerprint density at radius 3 is 2.60 bits per heavy atom. The average Bonchev–Trinajstić information content (AvgIpc) is 2.61. The number of nitrogens with two attached hydrogens (primary N) is 1. The highest BCUT2D eigenvalue weighted by molar-refractivity contribution is 5.80. The Balaban J connectivity index is 2.44. The number of aromatic nitrogens is 1. The molecule has 1 aromatic heterocycles. The minimum absolute atomic E-state index is 0.0743. The SMILES string of the molecule is CC(C)(C)[C@H](N)c1ccc2cc[nH]c2c1. The van der Waals surface area contributed by atoms with Gasteiger partial charge in [-0.2, -0.15) is 0 Å². The first-order chi connectivity index (χ1) is 6.98. The van der Waals surface area contributed by atoms with Crippen LogP contribution in [0.5, 0.6) is 0 Å². The fourth-order valence-corrected chi connectivity index (χ4v) is 1.76. The van der Waals surface area contributed by atoms with Crippen molar-refractivity contribution in [2.24, 2.45) is 11.1 Å². The van der Waals surface area contributed by atoms with Gasteiger partial charge in [0.25, 0.3) is 0 Å². The summed E-state index contributed by atoms with van der Waals surface area (Å²) >= 11 is 0. The minimum Gasteiger partial charge on any atom is -0.361 e. The Labute approximate surface area is 90.5 Å². The van der Waals surface area contributed by atoms with Gasteiger partial charge in [0.15, 0.2) is 0 Å². The molecule has 2 aromatic rings. The summed E-state index contributed by atoms with van der Waals surface area (Å²) in [6.45, 7) is 6.49. The molecule has 1 heterocycles. The standard InChI is InChI=1S/C13H18N2/c1-13(2,3)12(14)10-5-4-9-6-7-15-11(9)8-10/h4-8,12,15H,14H2,1-3H3/t12-/m1/s1. The number of hydrogen-bond acceptors (Lipinski definition) is 1. The first-order valence-electron chi connectivity index (χ1n) is 5.31. The van der Waals surface area contributed by atoms with Crippen LogP contribution in [0.15, 0.2) is 30.5 Å². The average molecular weight is 202 g/mol. The molecule has 0 saturated carbocycles. The van der Waals surface area contributed by atoms with Gasteiger partial charge in [0.1, 0.15) is 0 Å². The number of aromatic amines is 1. The fourth-order valence-electron chi connectivity index (χ4n) is 1.76. The molecule has 0 spiro atoms. The van der Waals surface area contributed by atoms with Crippen molar-refractivity contribution in [2.45, 2.75) is 26.8 Å². The van der Waals surface area contributed by atoms with Gasteiger partial charge in [0.2, 0.25) is 0 Å². The van der Waals surface area contributed by atoms with Crippen LogP contribution in [0.2, 0.25) is 0 Å². The van der Waals surface area contributed by atoms with Crippen LogP contribution >= 0.6 is 0 Å². The molecule has 0 fully saturated rings. The molecular formula is C13H18N2. The van der Waals surface area contributed by atoms with Crippen LogP contribution in [0.4, 0.5) is 0 Å². The maximum atomic E-state index is 6.22. The topological polar surface area (TPSA) is 41.8 Å². The summed E-state index contributed by atoms with van der Waals surface area (Å²) in [4.78, 5) is 3.21. The molecule has 0 radical (unpaired) electrons. The summed E-state index contributed by atoms with van der Waals surface area (Å²) in [6, 6.07) is 8.52. The van der Waals surface area contributed by atoms with Gasteiger partial charge in [0, 0.05) is 17.8 Å². The summed E-state index contributed by atoms with van der Waals surface area (Å²) in [5.41, 5.74) is 8.67. The van der Waals surface area contributed by atoms with E-state index in [-0.39, 0.29) is 11.5 Å². The number of hydrogen-bond donors (Lipinski definition) is 2. The van der Waals surface area contributed by atoms with E-state index in [0.717, 1.165) is 5.52 Å². The number of fused-ring (bicyclic) bond motifs is 1. The normalized spacial score (nSPS) is 14.4. The number of nitrogens with one attached hydrogen (secondary N) is 1. The van der Waals surface area contributed by atoms with Crippen molar-refractivity contribution in [3.05, 3.63) is 36.0 Å². The zero-order valence-electron chi connectivity index (χ0n) is 9.54. The Bertz CT molecular complexity index is 463. The van der Waals surface area contributed by atoms with E-state index in [0.29, 0.717) is 0 Å². The van der Waals surface area contributed by atoms with E-state index < -0.39 is 0 Å². The number of rotatable bonds is 1. The Morgan fingerprint density at radius 1 is 1.20 bits per heavy atom. The van der Waals surface area contributed by atoms with Crippen LogP contribution in [-0.2, 0) is 0 Å². The van der Waals surface area contributed by atoms with Crippen molar-refractivity contribution in [2.75, 3.05) is 0 Å². The van der Waals surface area contributed by atoms with Crippen molar-refractivity contribution in [1.82, 2.24) is 4.98 Å². The molecule has 3 N–H and O–H groups in total. The molecule has 1 aromatic carbocycles. The Morgan fingerprint density at radius 2 is 1.93 bits per heavy atom. The highest BCUT2D eigenvalue weighted by Crippen LogP contribution is 2.31. The highest BCUT2D eigenvalue weighted by Gasteiger charge is 2.22. The lowest BCUT2D eigenvalue weighted by molar-refractivity contribution is 0.327. The second kappa shape index (κ2) is 3.38. The number of H-pyrrole nitrogens is 1. The van der Waals surface area contributed by atoms with E-state index >= 15 is 0 Å². The lowest BCUT2D eigenvalue weighted by atomic mass is 9.83. The third-order valence-corrected chi connectivity index (χ3v) is 2.87. The van der Waals surface area contributed by atoms with Gasteiger partial charge in [-0.05, 0) is 28.5 Å². The molecule has 0 aliphatic heterocycles. The third kappa shape index (κ3) is 1.90. The fraction of sp³-hybridized carbons (Fsp3) is 0.385. The quantitative estimate of drug-likeness (QED) is 0.732. The van der Waals surface area contributed by atoms with Crippen molar-refractivity contribution in [1.29, 1.82) is 0 Å². The molecule has 0 aliphatic rings. The molecule has 0 saturated heterocycles. The van der Waals surface area contributed by atoms with E-state index in [1.807, 2.05) is 6.20 Å². The number of benzene rings is 1. The van der Waals surface area contributed by atoms with Crippen LogP contribution in [0.25, 0.3) is 10.9 Å². The van der Waals surface area contributed by atoms with Gasteiger partial charge in [-0.3, -0.25) is 0 Å². The van der Waals surface area contributed by atoms with Gasteiger partial charge < -0.3 is 10.7 Å². The van der Waals surface area contributed by atoms with Gasteiger partial charge >= 0.3 is 0 Å². The molecule has 80 valence electrons. The maximum absolute atomic E-state index is 6.22. The molecule has 1 atom stereocenters. The lowest BCUT2D eigenvalue weighted by Crippen LogP contribution is -2.26. The molecule has 2 heteroatoms. The van der Waals surface area contributed by atoms with E-state index in [1.165, 1.54) is 10.9 Å². The van der Waals surface area contributed by atoms with Crippen LogP contribution in [0.1, 0.15) is 32.4 Å². The monoisotopic (exact) mass is 202 g/mol. The first-order valence-corrected chi connectivity index (χ1v) is 5.31.